The van der Waals surface area contributed by atoms with Gasteiger partial charge in [-0.25, -0.2) is 13.6 Å². The lowest BCUT2D eigenvalue weighted by Crippen LogP contribution is -2.20. The molecule has 0 radical (unpaired) electrons. The summed E-state index contributed by atoms with van der Waals surface area (Å²) in [5, 5.41) is 15.3. The average molecular weight is 531 g/mol. The molecule has 1 aliphatic carbocycles. The number of rotatable bonds is 6. The van der Waals surface area contributed by atoms with Crippen molar-refractivity contribution in [2.75, 3.05) is 0 Å². The number of hydrogen-bond donors (Lipinski definition) is 3. The van der Waals surface area contributed by atoms with E-state index in [4.69, 9.17) is 16.7 Å². The van der Waals surface area contributed by atoms with Crippen molar-refractivity contribution >= 4 is 38.5 Å². The van der Waals surface area contributed by atoms with E-state index in [2.05, 4.69) is 9.72 Å². The van der Waals surface area contributed by atoms with Gasteiger partial charge in [-0.1, -0.05) is 18.2 Å². The number of ether oxygens (including phenoxy) is 1. The van der Waals surface area contributed by atoms with E-state index in [1.807, 2.05) is 0 Å². The molecular formula is C23H22ClF3N2O5S. The zero-order valence-corrected chi connectivity index (χ0v) is 19.8. The summed E-state index contributed by atoms with van der Waals surface area (Å²) < 4.78 is 67.8. The van der Waals surface area contributed by atoms with E-state index < -0.39 is 34.5 Å². The number of aromatic amines is 1. The normalized spacial score (nSPS) is 19.1. The van der Waals surface area contributed by atoms with Crippen LogP contribution in [0.25, 0.3) is 22.2 Å². The Hall–Kier alpha value is -2.76. The topological polar surface area (TPSA) is 122 Å². The third kappa shape index (κ3) is 5.57. The monoisotopic (exact) mass is 530 g/mol. The lowest BCUT2D eigenvalue weighted by Gasteiger charge is -2.27. The van der Waals surface area contributed by atoms with Crippen molar-refractivity contribution in [3.63, 3.8) is 0 Å². The quantitative estimate of drug-likeness (QED) is 0.375. The molecule has 1 aliphatic rings. The molecule has 1 saturated carbocycles. The molecule has 0 amide bonds. The van der Waals surface area contributed by atoms with Gasteiger partial charge in [-0.15, -0.1) is 24.8 Å². The molecule has 0 atom stereocenters. The van der Waals surface area contributed by atoms with Gasteiger partial charge >= 0.3 is 12.3 Å². The fourth-order valence-corrected chi connectivity index (χ4v) is 6.04. The molecule has 188 valence electrons. The van der Waals surface area contributed by atoms with Gasteiger partial charge in [0, 0.05) is 21.8 Å². The van der Waals surface area contributed by atoms with Crippen molar-refractivity contribution < 1.29 is 36.2 Å². The molecule has 35 heavy (non-hydrogen) atoms. The number of fused-ring (bicyclic) bond motifs is 1. The Bertz CT molecular complexity index is 1380. The first-order valence-corrected chi connectivity index (χ1v) is 12.7. The first-order valence-electron chi connectivity index (χ1n) is 10.8. The smallest absolute Gasteiger partial charge is 0.481 e. The molecule has 0 unspecified atom stereocenters. The van der Waals surface area contributed by atoms with E-state index in [0.29, 0.717) is 36.8 Å². The Morgan fingerprint density at radius 1 is 1.17 bits per heavy atom. The third-order valence-electron chi connectivity index (χ3n) is 6.14. The summed E-state index contributed by atoms with van der Waals surface area (Å²) in [6.45, 7) is 0. The second-order valence-electron chi connectivity index (χ2n) is 8.52. The van der Waals surface area contributed by atoms with Gasteiger partial charge in [-0.2, -0.15) is 0 Å². The first-order chi connectivity index (χ1) is 16.3. The van der Waals surface area contributed by atoms with Crippen LogP contribution in [-0.4, -0.2) is 36.2 Å². The summed E-state index contributed by atoms with van der Waals surface area (Å²) >= 11 is 6.21. The third-order valence-corrected chi connectivity index (χ3v) is 7.60. The average Bonchev–Trinajstić information content (AvgIpc) is 3.09. The molecule has 0 saturated heterocycles. The summed E-state index contributed by atoms with van der Waals surface area (Å²) in [7, 11) is -4.26. The summed E-state index contributed by atoms with van der Waals surface area (Å²) in [6, 6.07) is 8.30. The van der Waals surface area contributed by atoms with Gasteiger partial charge in [0.05, 0.1) is 17.0 Å². The van der Waals surface area contributed by atoms with Crippen LogP contribution in [0.5, 0.6) is 5.75 Å². The summed E-state index contributed by atoms with van der Waals surface area (Å²) in [5.74, 6) is -1.89. The van der Waals surface area contributed by atoms with Gasteiger partial charge in [0.25, 0.3) is 0 Å². The maximum atomic E-state index is 12.8. The van der Waals surface area contributed by atoms with Crippen LogP contribution >= 0.6 is 11.6 Å². The highest BCUT2D eigenvalue weighted by Crippen LogP contribution is 2.42. The maximum Gasteiger partial charge on any atom is 0.573 e. The summed E-state index contributed by atoms with van der Waals surface area (Å²) in [4.78, 5) is 14.5. The molecular weight excluding hydrogens is 509 g/mol. The van der Waals surface area contributed by atoms with Crippen molar-refractivity contribution in [3.05, 3.63) is 47.5 Å². The van der Waals surface area contributed by atoms with Gasteiger partial charge in [0.2, 0.25) is 10.0 Å². The molecule has 3 aromatic rings. The molecule has 2 aromatic carbocycles. The first kappa shape index (κ1) is 25.3. The molecule has 0 bridgehead atoms. The number of nitrogens with two attached hydrogens (primary N) is 1. The molecule has 1 fully saturated rings. The van der Waals surface area contributed by atoms with Gasteiger partial charge in [-0.3, -0.25) is 4.79 Å². The zero-order chi connectivity index (χ0) is 25.5. The summed E-state index contributed by atoms with van der Waals surface area (Å²) in [5.41, 5.74) is 1.26. The molecule has 1 aromatic heterocycles. The van der Waals surface area contributed by atoms with Gasteiger partial charge in [-0.05, 0) is 60.9 Å². The van der Waals surface area contributed by atoms with Crippen molar-refractivity contribution in [1.29, 1.82) is 0 Å². The number of primary sulfonamides is 1. The van der Waals surface area contributed by atoms with E-state index >= 15 is 0 Å². The number of sulfonamides is 1. The van der Waals surface area contributed by atoms with Crippen LogP contribution in [0.15, 0.2) is 41.3 Å². The molecule has 4 N–H and O–H groups in total. The van der Waals surface area contributed by atoms with E-state index in [1.54, 1.807) is 12.1 Å². The Kier molecular flexibility index (Phi) is 6.78. The van der Waals surface area contributed by atoms with Gasteiger partial charge < -0.3 is 14.8 Å². The van der Waals surface area contributed by atoms with Crippen molar-refractivity contribution in [2.45, 2.75) is 54.7 Å². The van der Waals surface area contributed by atoms with Crippen LogP contribution in [0, 0.1) is 0 Å². The lowest BCUT2D eigenvalue weighted by molar-refractivity contribution is -0.274. The van der Waals surface area contributed by atoms with E-state index in [1.165, 1.54) is 12.1 Å². The maximum absolute atomic E-state index is 12.8. The zero-order valence-electron chi connectivity index (χ0n) is 18.2. The fourth-order valence-electron chi connectivity index (χ4n) is 4.74. The lowest BCUT2D eigenvalue weighted by atomic mass is 9.83. The van der Waals surface area contributed by atoms with Crippen LogP contribution in [0.1, 0.15) is 42.7 Å². The van der Waals surface area contributed by atoms with E-state index in [0.717, 1.165) is 12.1 Å². The van der Waals surface area contributed by atoms with Crippen LogP contribution in [-0.2, 0) is 21.2 Å². The number of benzene rings is 2. The van der Waals surface area contributed by atoms with Gasteiger partial charge in [0.15, 0.2) is 0 Å². The van der Waals surface area contributed by atoms with Crippen LogP contribution in [0.4, 0.5) is 13.2 Å². The summed E-state index contributed by atoms with van der Waals surface area (Å²) in [6.07, 6.45) is -2.77. The number of carbonyl (C=O) groups is 1. The van der Waals surface area contributed by atoms with Crippen molar-refractivity contribution in [2.24, 2.45) is 5.14 Å². The Labute approximate surface area is 204 Å². The second kappa shape index (κ2) is 9.36. The molecule has 12 heteroatoms. The Morgan fingerprint density at radius 3 is 2.46 bits per heavy atom. The van der Waals surface area contributed by atoms with Crippen LogP contribution in [0.3, 0.4) is 0 Å². The minimum atomic E-state index is -4.93. The van der Waals surface area contributed by atoms with Crippen LogP contribution < -0.4 is 9.88 Å². The number of hydrogen-bond acceptors (Lipinski definition) is 4. The molecule has 0 aliphatic heterocycles. The number of aromatic nitrogens is 1. The number of carboxylic acids is 1. The van der Waals surface area contributed by atoms with E-state index in [-0.39, 0.29) is 38.4 Å². The number of alkyl halides is 4. The fraction of sp³-hybridized carbons (Fsp3) is 0.348. The molecule has 7 nitrogen and oxygen atoms in total. The van der Waals surface area contributed by atoms with Crippen molar-refractivity contribution in [1.82, 2.24) is 4.98 Å². The highest BCUT2D eigenvalue weighted by atomic mass is 35.5. The number of nitrogens with one attached hydrogen (secondary N) is 1. The largest absolute Gasteiger partial charge is 0.573 e. The van der Waals surface area contributed by atoms with Crippen LogP contribution in [0.2, 0.25) is 0 Å². The van der Waals surface area contributed by atoms with Gasteiger partial charge in [0.1, 0.15) is 5.75 Å². The SMILES string of the molecule is NS(=O)(=O)c1c(-c2[nH]c3ccc(OC(F)(F)F)cc3c2CC(=O)O)cccc1C1CCC(Cl)CC1. The number of aliphatic carboxylic acids is 1. The number of halogens is 4. The molecule has 4 rings (SSSR count). The standard InChI is InChI=1S/C23H22ClF3N2O5S/c24-13-6-4-12(5-7-13)15-2-1-3-16(22(15)35(28,32)33)21-18(11-20(30)31)17-10-14(34-23(25,26)27)8-9-19(17)29-21/h1-3,8-10,12-13,29H,4-7,11H2,(H,30,31)(H2,28,32,33). The van der Waals surface area contributed by atoms with E-state index in [9.17, 15) is 31.5 Å². The van der Waals surface area contributed by atoms with Crippen molar-refractivity contribution in [3.8, 4) is 17.0 Å². The molecule has 1 heterocycles. The highest BCUT2D eigenvalue weighted by Gasteiger charge is 2.32. The number of carboxylic acid groups (broad SMARTS) is 1. The second-order valence-corrected chi connectivity index (χ2v) is 10.6. The predicted molar refractivity (Wildman–Crippen MR) is 124 cm³/mol. The Balaban J connectivity index is 1.94. The number of H-pyrrole nitrogens is 1. The minimum Gasteiger partial charge on any atom is -0.481 e. The Morgan fingerprint density at radius 2 is 1.86 bits per heavy atom. The predicted octanol–water partition coefficient (Wildman–Crippen LogP) is 5.27. The highest BCUT2D eigenvalue weighted by molar-refractivity contribution is 7.89. The molecule has 0 spiro atoms. The minimum absolute atomic E-state index is 0.0105.